The molecule has 1 atom stereocenters. The van der Waals surface area contributed by atoms with Crippen LogP contribution in [-0.4, -0.2) is 11.0 Å². The Kier molecular flexibility index (Phi) is 4.13. The minimum atomic E-state index is 0.508. The number of hydrogen-bond donors (Lipinski definition) is 1. The van der Waals surface area contributed by atoms with E-state index < -0.39 is 0 Å². The molecule has 0 aliphatic carbocycles. The van der Waals surface area contributed by atoms with Gasteiger partial charge in [-0.3, -0.25) is 4.98 Å². The van der Waals surface area contributed by atoms with E-state index in [0.717, 1.165) is 17.3 Å². The Labute approximate surface area is 93.1 Å². The third-order valence-corrected chi connectivity index (χ3v) is 2.47. The normalized spacial score (nSPS) is 12.9. The number of rotatable bonds is 4. The van der Waals surface area contributed by atoms with E-state index in [9.17, 15) is 0 Å². The topological polar surface area (TPSA) is 24.9 Å². The summed E-state index contributed by atoms with van der Waals surface area (Å²) in [6, 6.07) is 2.62. The molecule has 0 spiro atoms. The molecule has 0 aromatic carbocycles. The quantitative estimate of drug-likeness (QED) is 0.815. The van der Waals surface area contributed by atoms with Gasteiger partial charge in [0.05, 0.1) is 11.9 Å². The fraction of sp³-hybridized carbons (Fsp3) is 0.615. The molecule has 0 saturated carbocycles. The van der Waals surface area contributed by atoms with Crippen molar-refractivity contribution in [3.8, 4) is 0 Å². The molecule has 84 valence electrons. The fourth-order valence-electron chi connectivity index (χ4n) is 1.88. The lowest BCUT2D eigenvalue weighted by Crippen LogP contribution is -2.18. The summed E-state index contributed by atoms with van der Waals surface area (Å²) in [6.07, 6.45) is 3.12. The minimum Gasteiger partial charge on any atom is -0.381 e. The van der Waals surface area contributed by atoms with Gasteiger partial charge in [-0.2, -0.15) is 0 Å². The van der Waals surface area contributed by atoms with Gasteiger partial charge in [-0.25, -0.2) is 0 Å². The molecule has 1 aromatic heterocycles. The Morgan fingerprint density at radius 2 is 1.93 bits per heavy atom. The molecular weight excluding hydrogens is 184 g/mol. The maximum absolute atomic E-state index is 4.31. The van der Waals surface area contributed by atoms with Crippen LogP contribution in [0.15, 0.2) is 12.3 Å². The highest BCUT2D eigenvalue weighted by atomic mass is 14.9. The van der Waals surface area contributed by atoms with Crippen molar-refractivity contribution < 1.29 is 0 Å². The highest BCUT2D eigenvalue weighted by molar-refractivity contribution is 5.49. The van der Waals surface area contributed by atoms with Crippen molar-refractivity contribution in [3.63, 3.8) is 0 Å². The molecule has 0 saturated heterocycles. The molecule has 0 aliphatic rings. The van der Waals surface area contributed by atoms with Gasteiger partial charge in [0.15, 0.2) is 0 Å². The van der Waals surface area contributed by atoms with Crippen molar-refractivity contribution in [2.75, 3.05) is 5.32 Å². The first-order chi connectivity index (χ1) is 6.99. The Morgan fingerprint density at radius 1 is 1.27 bits per heavy atom. The second-order valence-corrected chi connectivity index (χ2v) is 4.82. The van der Waals surface area contributed by atoms with E-state index >= 15 is 0 Å². The van der Waals surface area contributed by atoms with E-state index in [1.54, 1.807) is 0 Å². The van der Waals surface area contributed by atoms with E-state index in [4.69, 9.17) is 0 Å². The summed E-state index contributed by atoms with van der Waals surface area (Å²) in [4.78, 5) is 4.31. The molecule has 2 heteroatoms. The van der Waals surface area contributed by atoms with Crippen LogP contribution in [0.2, 0.25) is 0 Å². The molecule has 2 nitrogen and oxygen atoms in total. The second-order valence-electron chi connectivity index (χ2n) is 4.82. The maximum Gasteiger partial charge on any atom is 0.0558 e. The van der Waals surface area contributed by atoms with Crippen molar-refractivity contribution in [2.24, 2.45) is 5.92 Å². The lowest BCUT2D eigenvalue weighted by atomic mass is 10.0. The molecule has 1 rings (SSSR count). The molecule has 0 fully saturated rings. The zero-order valence-corrected chi connectivity index (χ0v) is 10.5. The zero-order chi connectivity index (χ0) is 11.4. The largest absolute Gasteiger partial charge is 0.381 e. The average molecular weight is 206 g/mol. The van der Waals surface area contributed by atoms with Crippen LogP contribution >= 0.6 is 0 Å². The smallest absolute Gasteiger partial charge is 0.0558 e. The Hall–Kier alpha value is -1.05. The molecule has 1 heterocycles. The molecular formula is C13H22N2. The van der Waals surface area contributed by atoms with Crippen LogP contribution in [0.3, 0.4) is 0 Å². The summed E-state index contributed by atoms with van der Waals surface area (Å²) < 4.78 is 0. The van der Waals surface area contributed by atoms with Gasteiger partial charge in [-0.1, -0.05) is 13.8 Å². The van der Waals surface area contributed by atoms with Crippen LogP contribution in [0.1, 0.15) is 38.4 Å². The third-order valence-electron chi connectivity index (χ3n) is 2.47. The third kappa shape index (κ3) is 3.90. The number of aromatic nitrogens is 1. The van der Waals surface area contributed by atoms with Gasteiger partial charge < -0.3 is 5.32 Å². The van der Waals surface area contributed by atoms with Crippen molar-refractivity contribution >= 4 is 5.69 Å². The zero-order valence-electron chi connectivity index (χ0n) is 10.5. The lowest BCUT2D eigenvalue weighted by molar-refractivity contribution is 0.539. The van der Waals surface area contributed by atoms with E-state index in [-0.39, 0.29) is 0 Å². The lowest BCUT2D eigenvalue weighted by Gasteiger charge is -2.18. The van der Waals surface area contributed by atoms with Gasteiger partial charge in [0.2, 0.25) is 0 Å². The highest BCUT2D eigenvalue weighted by Crippen LogP contribution is 2.17. The van der Waals surface area contributed by atoms with Gasteiger partial charge in [-0.05, 0) is 44.7 Å². The van der Waals surface area contributed by atoms with Crippen LogP contribution in [0, 0.1) is 19.8 Å². The SMILES string of the molecule is Cc1cc(C)c(NC(C)CC(C)C)cn1. The second kappa shape index (κ2) is 5.15. The first kappa shape index (κ1) is 12.0. The van der Waals surface area contributed by atoms with Crippen LogP contribution in [-0.2, 0) is 0 Å². The monoisotopic (exact) mass is 206 g/mol. The summed E-state index contributed by atoms with van der Waals surface area (Å²) in [5.41, 5.74) is 3.52. The Morgan fingerprint density at radius 3 is 2.47 bits per heavy atom. The van der Waals surface area contributed by atoms with Gasteiger partial charge in [0, 0.05) is 11.7 Å². The number of hydrogen-bond acceptors (Lipinski definition) is 2. The minimum absolute atomic E-state index is 0.508. The van der Waals surface area contributed by atoms with Crippen molar-refractivity contribution in [1.82, 2.24) is 4.98 Å². The molecule has 1 N–H and O–H groups in total. The molecule has 1 unspecified atom stereocenters. The number of nitrogens with one attached hydrogen (secondary N) is 1. The van der Waals surface area contributed by atoms with E-state index in [0.29, 0.717) is 6.04 Å². The van der Waals surface area contributed by atoms with Gasteiger partial charge >= 0.3 is 0 Å². The fourth-order valence-corrected chi connectivity index (χ4v) is 1.88. The summed E-state index contributed by atoms with van der Waals surface area (Å²) in [7, 11) is 0. The van der Waals surface area contributed by atoms with Crippen LogP contribution in [0.4, 0.5) is 5.69 Å². The molecule has 0 aliphatic heterocycles. The predicted molar refractivity (Wildman–Crippen MR) is 66.3 cm³/mol. The number of aryl methyl sites for hydroxylation is 2. The first-order valence-corrected chi connectivity index (χ1v) is 5.69. The Bertz CT molecular complexity index is 318. The summed E-state index contributed by atoms with van der Waals surface area (Å²) in [6.45, 7) is 10.9. The van der Waals surface area contributed by atoms with Gasteiger partial charge in [0.25, 0.3) is 0 Å². The first-order valence-electron chi connectivity index (χ1n) is 5.69. The summed E-state index contributed by atoms with van der Waals surface area (Å²) in [5.74, 6) is 0.728. The standard InChI is InChI=1S/C13H22N2/c1-9(2)6-12(5)15-13-8-14-11(4)7-10(13)3/h7-9,12,15H,6H2,1-5H3. The van der Waals surface area contributed by atoms with E-state index in [2.05, 4.69) is 44.1 Å². The van der Waals surface area contributed by atoms with Crippen LogP contribution in [0.5, 0.6) is 0 Å². The molecule has 0 radical (unpaired) electrons. The summed E-state index contributed by atoms with van der Waals surface area (Å²) >= 11 is 0. The van der Waals surface area contributed by atoms with E-state index in [1.807, 2.05) is 13.1 Å². The number of nitrogens with zero attached hydrogens (tertiary/aromatic N) is 1. The molecule has 0 amide bonds. The van der Waals surface area contributed by atoms with Gasteiger partial charge in [0.1, 0.15) is 0 Å². The van der Waals surface area contributed by atoms with Crippen molar-refractivity contribution in [2.45, 2.75) is 47.1 Å². The maximum atomic E-state index is 4.31. The van der Waals surface area contributed by atoms with E-state index in [1.165, 1.54) is 12.0 Å². The van der Waals surface area contributed by atoms with Gasteiger partial charge in [-0.15, -0.1) is 0 Å². The predicted octanol–water partition coefficient (Wildman–Crippen LogP) is 3.54. The molecule has 0 bridgehead atoms. The average Bonchev–Trinajstić information content (AvgIpc) is 2.08. The van der Waals surface area contributed by atoms with Crippen molar-refractivity contribution in [3.05, 3.63) is 23.5 Å². The number of pyridine rings is 1. The highest BCUT2D eigenvalue weighted by Gasteiger charge is 2.06. The van der Waals surface area contributed by atoms with Crippen LogP contribution in [0.25, 0.3) is 0 Å². The molecule has 1 aromatic rings. The molecule has 15 heavy (non-hydrogen) atoms. The van der Waals surface area contributed by atoms with Crippen LogP contribution < -0.4 is 5.32 Å². The summed E-state index contributed by atoms with van der Waals surface area (Å²) in [5, 5.41) is 3.51. The number of anilines is 1. The Balaban J connectivity index is 2.64. The van der Waals surface area contributed by atoms with Crippen molar-refractivity contribution in [1.29, 1.82) is 0 Å².